The molecule has 0 atom stereocenters. The molecule has 2 aromatic carbocycles. The van der Waals surface area contributed by atoms with Crippen molar-refractivity contribution in [2.24, 2.45) is 0 Å². The fraction of sp³-hybridized carbons (Fsp3) is 0. The Balaban J connectivity index is 2.15. The summed E-state index contributed by atoms with van der Waals surface area (Å²) in [4.78, 5) is 11.9. The number of hydrogen-bond acceptors (Lipinski definition) is 3. The van der Waals surface area contributed by atoms with Crippen LogP contribution in [0.3, 0.4) is 0 Å². The summed E-state index contributed by atoms with van der Waals surface area (Å²) in [7, 11) is 0. The van der Waals surface area contributed by atoms with Crippen LogP contribution in [0.5, 0.6) is 5.75 Å². The third-order valence-corrected chi connectivity index (χ3v) is 3.39. The van der Waals surface area contributed by atoms with Gasteiger partial charge in [0.15, 0.2) is 5.43 Å². The molecule has 3 nitrogen and oxygen atoms in total. The second kappa shape index (κ2) is 5.46. The van der Waals surface area contributed by atoms with Crippen molar-refractivity contribution in [3.05, 3.63) is 75.9 Å². The van der Waals surface area contributed by atoms with Crippen LogP contribution in [-0.4, -0.2) is 5.11 Å². The van der Waals surface area contributed by atoms with E-state index in [0.29, 0.717) is 27.7 Å². The quantitative estimate of drug-likeness (QED) is 0.766. The first kappa shape index (κ1) is 13.5. The van der Waals surface area contributed by atoms with Gasteiger partial charge >= 0.3 is 0 Å². The molecule has 4 heteroatoms. The highest BCUT2D eigenvalue weighted by atomic mass is 35.5. The van der Waals surface area contributed by atoms with Gasteiger partial charge in [0.25, 0.3) is 0 Å². The zero-order valence-electron chi connectivity index (χ0n) is 10.9. The standard InChI is InChI=1S/C17H11ClO3/c18-15-4-2-1-3-14(15)17-10-13(20)9-16(21-17)11-5-7-12(19)8-6-11/h1-10,19H. The second-order valence-corrected chi connectivity index (χ2v) is 4.96. The van der Waals surface area contributed by atoms with Gasteiger partial charge in [0.05, 0.1) is 5.02 Å². The minimum Gasteiger partial charge on any atom is -0.508 e. The molecule has 1 aromatic heterocycles. The summed E-state index contributed by atoms with van der Waals surface area (Å²) in [5, 5.41) is 9.83. The lowest BCUT2D eigenvalue weighted by Crippen LogP contribution is -1.98. The Hall–Kier alpha value is -2.52. The van der Waals surface area contributed by atoms with Crippen molar-refractivity contribution < 1.29 is 9.52 Å². The van der Waals surface area contributed by atoms with Gasteiger partial charge in [0.1, 0.15) is 17.3 Å². The Bertz CT molecular complexity index is 835. The SMILES string of the molecule is O=c1cc(-c2ccc(O)cc2)oc(-c2ccccc2Cl)c1. The van der Waals surface area contributed by atoms with E-state index in [1.165, 1.54) is 24.3 Å². The highest BCUT2D eigenvalue weighted by molar-refractivity contribution is 6.33. The van der Waals surface area contributed by atoms with Crippen molar-refractivity contribution in [3.8, 4) is 28.4 Å². The Labute approximate surface area is 126 Å². The number of rotatable bonds is 2. The van der Waals surface area contributed by atoms with Gasteiger partial charge < -0.3 is 9.52 Å². The van der Waals surface area contributed by atoms with Gasteiger partial charge in [-0.15, -0.1) is 0 Å². The summed E-state index contributed by atoms with van der Waals surface area (Å²) in [6, 6.07) is 16.4. The number of phenols is 1. The number of halogens is 1. The fourth-order valence-corrected chi connectivity index (χ4v) is 2.27. The van der Waals surface area contributed by atoms with Crippen LogP contribution in [0.2, 0.25) is 5.02 Å². The van der Waals surface area contributed by atoms with Crippen LogP contribution in [0, 0.1) is 0 Å². The second-order valence-electron chi connectivity index (χ2n) is 4.55. The number of benzene rings is 2. The monoisotopic (exact) mass is 298 g/mol. The van der Waals surface area contributed by atoms with E-state index in [9.17, 15) is 9.90 Å². The molecule has 0 aliphatic rings. The zero-order chi connectivity index (χ0) is 14.8. The Morgan fingerprint density at radius 1 is 0.905 bits per heavy atom. The van der Waals surface area contributed by atoms with Crippen LogP contribution in [0.1, 0.15) is 0 Å². The minimum absolute atomic E-state index is 0.156. The van der Waals surface area contributed by atoms with Gasteiger partial charge in [-0.2, -0.15) is 0 Å². The molecule has 1 N–H and O–H groups in total. The summed E-state index contributed by atoms with van der Waals surface area (Å²) >= 11 is 6.14. The molecule has 104 valence electrons. The molecule has 3 rings (SSSR count). The number of phenolic OH excluding ortho intramolecular Hbond substituents is 1. The Kier molecular flexibility index (Phi) is 3.50. The Morgan fingerprint density at radius 3 is 2.29 bits per heavy atom. The van der Waals surface area contributed by atoms with Crippen molar-refractivity contribution in [3.63, 3.8) is 0 Å². The molecule has 3 aromatic rings. The van der Waals surface area contributed by atoms with Crippen LogP contribution < -0.4 is 5.43 Å². The number of aromatic hydroxyl groups is 1. The molecule has 0 aliphatic carbocycles. The van der Waals surface area contributed by atoms with Crippen molar-refractivity contribution in [1.82, 2.24) is 0 Å². The topological polar surface area (TPSA) is 50.4 Å². The van der Waals surface area contributed by atoms with Gasteiger partial charge in [0.2, 0.25) is 0 Å². The fourth-order valence-electron chi connectivity index (χ4n) is 2.04. The molecule has 21 heavy (non-hydrogen) atoms. The first-order valence-electron chi connectivity index (χ1n) is 6.33. The zero-order valence-corrected chi connectivity index (χ0v) is 11.7. The van der Waals surface area contributed by atoms with E-state index in [-0.39, 0.29) is 11.2 Å². The summed E-state index contributed by atoms with van der Waals surface area (Å²) in [5.41, 5.74) is 1.20. The molecule has 1 heterocycles. The summed E-state index contributed by atoms with van der Waals surface area (Å²) in [6.45, 7) is 0. The predicted octanol–water partition coefficient (Wildman–Crippen LogP) is 4.33. The van der Waals surface area contributed by atoms with Gasteiger partial charge in [-0.1, -0.05) is 23.7 Å². The highest BCUT2D eigenvalue weighted by Crippen LogP contribution is 2.30. The smallest absolute Gasteiger partial charge is 0.186 e. The largest absolute Gasteiger partial charge is 0.508 e. The Morgan fingerprint density at radius 2 is 1.57 bits per heavy atom. The average molecular weight is 299 g/mol. The molecule has 0 amide bonds. The maximum Gasteiger partial charge on any atom is 0.186 e. The molecule has 0 radical (unpaired) electrons. The van der Waals surface area contributed by atoms with E-state index < -0.39 is 0 Å². The lowest BCUT2D eigenvalue weighted by atomic mass is 10.1. The van der Waals surface area contributed by atoms with E-state index in [1.54, 1.807) is 24.3 Å². The molecule has 0 fully saturated rings. The van der Waals surface area contributed by atoms with Crippen LogP contribution in [0.25, 0.3) is 22.6 Å². The summed E-state index contributed by atoms with van der Waals surface area (Å²) < 4.78 is 5.78. The highest BCUT2D eigenvalue weighted by Gasteiger charge is 2.09. The van der Waals surface area contributed by atoms with Crippen molar-refractivity contribution in [2.45, 2.75) is 0 Å². The van der Waals surface area contributed by atoms with E-state index in [0.717, 1.165) is 0 Å². The van der Waals surface area contributed by atoms with E-state index in [4.69, 9.17) is 16.0 Å². The van der Waals surface area contributed by atoms with Crippen molar-refractivity contribution in [1.29, 1.82) is 0 Å². The maximum absolute atomic E-state index is 11.9. The predicted molar refractivity (Wildman–Crippen MR) is 82.5 cm³/mol. The molecular formula is C17H11ClO3. The summed E-state index contributed by atoms with van der Waals surface area (Å²) in [6.07, 6.45) is 0. The van der Waals surface area contributed by atoms with Crippen molar-refractivity contribution >= 4 is 11.6 Å². The van der Waals surface area contributed by atoms with Crippen molar-refractivity contribution in [2.75, 3.05) is 0 Å². The molecule has 0 saturated heterocycles. The average Bonchev–Trinajstić information content (AvgIpc) is 2.48. The molecule has 0 spiro atoms. The van der Waals surface area contributed by atoms with Gasteiger partial charge in [0, 0.05) is 23.3 Å². The first-order chi connectivity index (χ1) is 10.1. The normalized spacial score (nSPS) is 10.5. The van der Waals surface area contributed by atoms with Crippen LogP contribution in [-0.2, 0) is 0 Å². The number of hydrogen-bond donors (Lipinski definition) is 1. The van der Waals surface area contributed by atoms with Gasteiger partial charge in [-0.3, -0.25) is 4.79 Å². The molecule has 0 aliphatic heterocycles. The lowest BCUT2D eigenvalue weighted by Gasteiger charge is -2.06. The molecule has 0 saturated carbocycles. The van der Waals surface area contributed by atoms with E-state index >= 15 is 0 Å². The van der Waals surface area contributed by atoms with Gasteiger partial charge in [-0.25, -0.2) is 0 Å². The van der Waals surface area contributed by atoms with E-state index in [2.05, 4.69) is 0 Å². The van der Waals surface area contributed by atoms with Gasteiger partial charge in [-0.05, 0) is 36.4 Å². The summed E-state index contributed by atoms with van der Waals surface area (Å²) in [5.74, 6) is 0.997. The van der Waals surface area contributed by atoms with Crippen LogP contribution in [0.15, 0.2) is 69.9 Å². The van der Waals surface area contributed by atoms with Crippen LogP contribution in [0.4, 0.5) is 0 Å². The third-order valence-electron chi connectivity index (χ3n) is 3.06. The first-order valence-corrected chi connectivity index (χ1v) is 6.71. The molecule has 0 unspecified atom stereocenters. The minimum atomic E-state index is -0.167. The van der Waals surface area contributed by atoms with Crippen LogP contribution >= 0.6 is 11.6 Å². The molecule has 0 bridgehead atoms. The third kappa shape index (κ3) is 2.83. The molecular weight excluding hydrogens is 288 g/mol. The van der Waals surface area contributed by atoms with E-state index in [1.807, 2.05) is 12.1 Å². The lowest BCUT2D eigenvalue weighted by molar-refractivity contribution is 0.475. The maximum atomic E-state index is 11.9.